The molecule has 0 amide bonds. The van der Waals surface area contributed by atoms with Crippen LogP contribution in [0, 0.1) is 12.3 Å². The predicted molar refractivity (Wildman–Crippen MR) is 111 cm³/mol. The average molecular weight is 359 g/mol. The maximum Gasteiger partial charge on any atom is 0.139 e. The molecule has 0 radical (unpaired) electrons. The number of aromatic nitrogens is 2. The van der Waals surface area contributed by atoms with E-state index in [0.29, 0.717) is 27.9 Å². The number of hydrogen-bond donors (Lipinski definition) is 0. The van der Waals surface area contributed by atoms with Crippen molar-refractivity contribution in [2.24, 2.45) is 5.41 Å². The Hall–Kier alpha value is -2.94. The second-order valence-electron chi connectivity index (χ2n) is 7.91. The van der Waals surface area contributed by atoms with Crippen molar-refractivity contribution in [1.82, 2.24) is 9.97 Å². The summed E-state index contributed by atoms with van der Waals surface area (Å²) in [7, 11) is 0. The molecule has 0 saturated carbocycles. The Morgan fingerprint density at radius 1 is 1.04 bits per heavy atom. The number of hydrogen-bond acceptors (Lipinski definition) is 3. The number of nitrogens with zero attached hydrogens (tertiary/aromatic N) is 2. The van der Waals surface area contributed by atoms with Crippen LogP contribution >= 0.6 is 0 Å². The molecule has 5 aromatic rings. The molecule has 0 fully saturated rings. The summed E-state index contributed by atoms with van der Waals surface area (Å²) in [6, 6.07) is 12.5. The minimum Gasteiger partial charge on any atom is -0.456 e. The largest absolute Gasteiger partial charge is 0.456 e. The standard InChI is InChI=1S/C24H22N2O/c1-14-11-21-23-18(26-14)7-5-17-16(6-8-20(27-21)22(17)23)19-12-15(9-10-25-19)13-24(2,3)4/h5-12H,13H2,1-4H3/i1D3,13D2. The van der Waals surface area contributed by atoms with E-state index in [9.17, 15) is 0 Å². The molecule has 5 rings (SSSR count). The highest BCUT2D eigenvalue weighted by atomic mass is 16.3. The molecule has 134 valence electrons. The summed E-state index contributed by atoms with van der Waals surface area (Å²) in [5.41, 5.74) is 3.24. The van der Waals surface area contributed by atoms with Crippen LogP contribution in [0.2, 0.25) is 0 Å². The van der Waals surface area contributed by atoms with Crippen LogP contribution in [0.3, 0.4) is 0 Å². The average Bonchev–Trinajstić information content (AvgIpc) is 3.10. The van der Waals surface area contributed by atoms with Gasteiger partial charge in [-0.3, -0.25) is 9.97 Å². The fraction of sp³-hybridized carbons (Fsp3) is 0.250. The first-order chi connectivity index (χ1) is 14.9. The molecule has 3 heteroatoms. The minimum absolute atomic E-state index is 0.00570. The van der Waals surface area contributed by atoms with Gasteiger partial charge in [-0.1, -0.05) is 26.8 Å². The van der Waals surface area contributed by atoms with Crippen LogP contribution < -0.4 is 0 Å². The smallest absolute Gasteiger partial charge is 0.139 e. The van der Waals surface area contributed by atoms with Gasteiger partial charge in [-0.05, 0) is 59.9 Å². The second kappa shape index (κ2) is 5.53. The van der Waals surface area contributed by atoms with Crippen molar-refractivity contribution in [2.45, 2.75) is 34.0 Å². The molecule has 3 nitrogen and oxygen atoms in total. The lowest BCUT2D eigenvalue weighted by Crippen LogP contribution is -2.09. The molecule has 0 unspecified atom stereocenters. The van der Waals surface area contributed by atoms with Crippen LogP contribution in [-0.2, 0) is 6.37 Å². The first kappa shape index (κ1) is 11.7. The highest BCUT2D eigenvalue weighted by Crippen LogP contribution is 2.40. The highest BCUT2D eigenvalue weighted by molar-refractivity contribution is 6.23. The first-order valence-electron chi connectivity index (χ1n) is 11.4. The summed E-state index contributed by atoms with van der Waals surface area (Å²) in [5.74, 6) is 0. The Morgan fingerprint density at radius 3 is 2.74 bits per heavy atom. The van der Waals surface area contributed by atoms with Gasteiger partial charge < -0.3 is 4.42 Å². The maximum absolute atomic E-state index is 8.63. The Morgan fingerprint density at radius 2 is 1.93 bits per heavy atom. The molecule has 0 saturated heterocycles. The zero-order chi connectivity index (χ0) is 23.1. The van der Waals surface area contributed by atoms with Crippen LogP contribution in [0.25, 0.3) is 44.1 Å². The molecule has 2 aromatic carbocycles. The summed E-state index contributed by atoms with van der Waals surface area (Å²) in [6.07, 6.45) is 0.105. The van der Waals surface area contributed by atoms with Crippen LogP contribution in [-0.4, -0.2) is 9.97 Å². The number of benzene rings is 2. The third-order valence-electron chi connectivity index (χ3n) is 4.65. The van der Waals surface area contributed by atoms with Gasteiger partial charge in [-0.15, -0.1) is 0 Å². The van der Waals surface area contributed by atoms with Crippen LogP contribution in [0.1, 0.15) is 38.9 Å². The highest BCUT2D eigenvalue weighted by Gasteiger charge is 2.18. The summed E-state index contributed by atoms with van der Waals surface area (Å²) >= 11 is 0. The van der Waals surface area contributed by atoms with Gasteiger partial charge >= 0.3 is 0 Å². The number of pyridine rings is 2. The fourth-order valence-electron chi connectivity index (χ4n) is 3.70. The third-order valence-corrected chi connectivity index (χ3v) is 4.65. The van der Waals surface area contributed by atoms with Crippen LogP contribution in [0.5, 0.6) is 0 Å². The molecule has 0 bridgehead atoms. The molecule has 0 aliphatic carbocycles. The van der Waals surface area contributed by atoms with Gasteiger partial charge in [0.2, 0.25) is 0 Å². The van der Waals surface area contributed by atoms with E-state index in [2.05, 4.69) is 9.97 Å². The van der Waals surface area contributed by atoms with Crippen molar-refractivity contribution in [3.05, 3.63) is 59.9 Å². The van der Waals surface area contributed by atoms with Gasteiger partial charge in [-0.25, -0.2) is 0 Å². The van der Waals surface area contributed by atoms with Crippen molar-refractivity contribution < 1.29 is 11.3 Å². The van der Waals surface area contributed by atoms with E-state index >= 15 is 0 Å². The van der Waals surface area contributed by atoms with Gasteiger partial charge in [0.15, 0.2) is 0 Å². The van der Waals surface area contributed by atoms with Gasteiger partial charge in [0.25, 0.3) is 0 Å². The zero-order valence-electron chi connectivity index (χ0n) is 20.4. The SMILES string of the molecule is [2H]C([2H])([2H])c1cc2oc3ccc(-c4cc(C([2H])([2H])C(C)(C)C)ccn4)c4ccc(n1)c2c34. The van der Waals surface area contributed by atoms with E-state index in [-0.39, 0.29) is 5.69 Å². The minimum atomic E-state index is -2.32. The lowest BCUT2D eigenvalue weighted by atomic mass is 9.88. The molecule has 27 heavy (non-hydrogen) atoms. The molecule has 0 aliphatic rings. The Kier molecular flexibility index (Phi) is 2.40. The molecule has 0 aliphatic heterocycles. The number of furan rings is 1. The summed E-state index contributed by atoms with van der Waals surface area (Å²) in [4.78, 5) is 8.89. The topological polar surface area (TPSA) is 38.9 Å². The fourth-order valence-corrected chi connectivity index (χ4v) is 3.70. The van der Waals surface area contributed by atoms with Gasteiger partial charge in [0, 0.05) is 35.8 Å². The Labute approximate surface area is 165 Å². The Bertz CT molecular complexity index is 1480. The number of aryl methyl sites for hydroxylation is 1. The third kappa shape index (κ3) is 2.66. The maximum atomic E-state index is 8.63. The number of rotatable bonds is 2. The van der Waals surface area contributed by atoms with Crippen molar-refractivity contribution in [2.75, 3.05) is 0 Å². The normalized spacial score (nSPS) is 16.3. The predicted octanol–water partition coefficient (Wildman–Crippen LogP) is 6.53. The molecular formula is C24H22N2O. The quantitative estimate of drug-likeness (QED) is 0.336. The molecule has 0 spiro atoms. The molecule has 3 aromatic heterocycles. The molecule has 0 N–H and O–H groups in total. The first-order valence-corrected chi connectivity index (χ1v) is 8.94. The molecule has 3 heterocycles. The second-order valence-corrected chi connectivity index (χ2v) is 7.91. The van der Waals surface area contributed by atoms with E-state index in [1.807, 2.05) is 39.0 Å². The van der Waals surface area contributed by atoms with E-state index < -0.39 is 18.6 Å². The van der Waals surface area contributed by atoms with E-state index in [4.69, 9.17) is 11.3 Å². The monoisotopic (exact) mass is 359 g/mol. The summed E-state index contributed by atoms with van der Waals surface area (Å²) in [6.45, 7) is 3.32. The van der Waals surface area contributed by atoms with Crippen molar-refractivity contribution in [3.63, 3.8) is 0 Å². The molecule has 0 atom stereocenters. The van der Waals surface area contributed by atoms with Crippen LogP contribution in [0.15, 0.2) is 53.1 Å². The molecular weight excluding hydrogens is 332 g/mol. The van der Waals surface area contributed by atoms with E-state index in [0.717, 1.165) is 21.7 Å². The van der Waals surface area contributed by atoms with Gasteiger partial charge in [0.05, 0.1) is 16.6 Å². The lowest BCUT2D eigenvalue weighted by molar-refractivity contribution is 0.411. The van der Waals surface area contributed by atoms with Gasteiger partial charge in [-0.2, -0.15) is 0 Å². The van der Waals surface area contributed by atoms with Gasteiger partial charge in [0.1, 0.15) is 11.2 Å². The lowest BCUT2D eigenvalue weighted by Gasteiger charge is -2.18. The van der Waals surface area contributed by atoms with Crippen molar-refractivity contribution >= 4 is 32.8 Å². The van der Waals surface area contributed by atoms with Crippen LogP contribution in [0.4, 0.5) is 0 Å². The van der Waals surface area contributed by atoms with Crippen molar-refractivity contribution in [3.8, 4) is 11.3 Å². The van der Waals surface area contributed by atoms with E-state index in [1.54, 1.807) is 24.4 Å². The summed E-state index contributed by atoms with van der Waals surface area (Å²) in [5, 5.41) is 2.55. The Balaban J connectivity index is 1.75. The van der Waals surface area contributed by atoms with Crippen molar-refractivity contribution in [1.29, 1.82) is 0 Å². The van der Waals surface area contributed by atoms with E-state index in [1.165, 1.54) is 6.07 Å². The summed E-state index contributed by atoms with van der Waals surface area (Å²) < 4.78 is 46.3. The zero-order valence-corrected chi connectivity index (χ0v) is 15.4.